The normalized spacial score (nSPS) is 15.1. The lowest BCUT2D eigenvalue weighted by Crippen LogP contribution is -2.45. The number of fused-ring (bicyclic) bond motifs is 1. The van der Waals surface area contributed by atoms with Crippen LogP contribution in [0, 0.1) is 6.92 Å². The van der Waals surface area contributed by atoms with Crippen molar-refractivity contribution >= 4 is 22.6 Å². The van der Waals surface area contributed by atoms with E-state index in [9.17, 15) is 4.79 Å². The topological polar surface area (TPSA) is 62.6 Å². The molecule has 1 aromatic heterocycles. The van der Waals surface area contributed by atoms with Crippen LogP contribution in [-0.4, -0.2) is 64.6 Å². The molecule has 33 heavy (non-hydrogen) atoms. The highest BCUT2D eigenvalue weighted by Gasteiger charge is 2.19. The number of imidazole rings is 1. The number of aromatic nitrogens is 2. The standard InChI is InChI=1S/C26H35N5O2/c1-4-11-31-24-10-9-21(27-26(32)19-33-22-8-6-7-20(3)16-22)17-23(24)28-25(31)18-30-14-12-29(5-2)13-15-30/h6-10,16-17H,4-5,11-15,18-19H2,1-3H3,(H,27,32). The minimum absolute atomic E-state index is 0.0270. The van der Waals surface area contributed by atoms with Crippen LogP contribution in [0.5, 0.6) is 5.75 Å². The van der Waals surface area contributed by atoms with Crippen LogP contribution in [0.2, 0.25) is 0 Å². The average Bonchev–Trinajstić information content (AvgIpc) is 3.14. The Labute approximate surface area is 196 Å². The summed E-state index contributed by atoms with van der Waals surface area (Å²) in [6.07, 6.45) is 1.05. The van der Waals surface area contributed by atoms with E-state index in [1.807, 2.05) is 43.3 Å². The number of carbonyl (C=O) groups is 1. The van der Waals surface area contributed by atoms with Crippen molar-refractivity contribution in [1.29, 1.82) is 0 Å². The van der Waals surface area contributed by atoms with E-state index in [0.717, 1.165) is 80.3 Å². The molecule has 0 atom stereocenters. The molecule has 7 heteroatoms. The van der Waals surface area contributed by atoms with Crippen LogP contribution in [-0.2, 0) is 17.9 Å². The molecular formula is C26H35N5O2. The van der Waals surface area contributed by atoms with Crippen molar-refractivity contribution in [2.24, 2.45) is 0 Å². The molecule has 0 saturated carbocycles. The fourth-order valence-electron chi connectivity index (χ4n) is 4.37. The maximum atomic E-state index is 12.4. The van der Waals surface area contributed by atoms with Crippen molar-refractivity contribution in [3.63, 3.8) is 0 Å². The van der Waals surface area contributed by atoms with Gasteiger partial charge in [0, 0.05) is 38.4 Å². The predicted molar refractivity (Wildman–Crippen MR) is 133 cm³/mol. The van der Waals surface area contributed by atoms with Crippen LogP contribution in [0.4, 0.5) is 5.69 Å². The smallest absolute Gasteiger partial charge is 0.262 e. The lowest BCUT2D eigenvalue weighted by atomic mass is 10.2. The van der Waals surface area contributed by atoms with Gasteiger partial charge in [-0.15, -0.1) is 0 Å². The van der Waals surface area contributed by atoms with Crippen LogP contribution in [0.15, 0.2) is 42.5 Å². The number of anilines is 1. The van der Waals surface area contributed by atoms with Gasteiger partial charge in [-0.25, -0.2) is 4.98 Å². The van der Waals surface area contributed by atoms with Gasteiger partial charge in [0.1, 0.15) is 11.6 Å². The first-order valence-electron chi connectivity index (χ1n) is 12.0. The van der Waals surface area contributed by atoms with Crippen molar-refractivity contribution in [2.45, 2.75) is 40.3 Å². The summed E-state index contributed by atoms with van der Waals surface area (Å²) in [5.74, 6) is 1.62. The lowest BCUT2D eigenvalue weighted by molar-refractivity contribution is -0.118. The monoisotopic (exact) mass is 449 g/mol. The Morgan fingerprint density at radius 1 is 1.06 bits per heavy atom. The first-order valence-corrected chi connectivity index (χ1v) is 12.0. The number of likely N-dealkylation sites (N-methyl/N-ethyl adjacent to an activating group) is 1. The molecule has 176 valence electrons. The number of amides is 1. The van der Waals surface area contributed by atoms with Gasteiger partial charge in [0.25, 0.3) is 5.91 Å². The van der Waals surface area contributed by atoms with Crippen LogP contribution < -0.4 is 10.1 Å². The third-order valence-electron chi connectivity index (χ3n) is 6.19. The predicted octanol–water partition coefficient (Wildman–Crippen LogP) is 3.91. The fraction of sp³-hybridized carbons (Fsp3) is 0.462. The first-order chi connectivity index (χ1) is 16.1. The van der Waals surface area contributed by atoms with E-state index in [-0.39, 0.29) is 12.5 Å². The highest BCUT2D eigenvalue weighted by Crippen LogP contribution is 2.23. The van der Waals surface area contributed by atoms with Gasteiger partial charge in [-0.1, -0.05) is 26.0 Å². The van der Waals surface area contributed by atoms with E-state index < -0.39 is 0 Å². The summed E-state index contributed by atoms with van der Waals surface area (Å²) in [6, 6.07) is 13.7. The fourth-order valence-corrected chi connectivity index (χ4v) is 4.37. The van der Waals surface area contributed by atoms with Crippen molar-refractivity contribution in [3.05, 3.63) is 53.9 Å². The molecule has 1 fully saturated rings. The Morgan fingerprint density at radius 3 is 2.58 bits per heavy atom. The molecule has 7 nitrogen and oxygen atoms in total. The number of aryl methyl sites for hydroxylation is 2. The largest absolute Gasteiger partial charge is 0.484 e. The van der Waals surface area contributed by atoms with Gasteiger partial charge in [-0.2, -0.15) is 0 Å². The summed E-state index contributed by atoms with van der Waals surface area (Å²) in [5, 5.41) is 2.94. The Morgan fingerprint density at radius 2 is 1.85 bits per heavy atom. The van der Waals surface area contributed by atoms with E-state index in [0.29, 0.717) is 5.75 Å². The molecule has 3 aromatic rings. The summed E-state index contributed by atoms with van der Waals surface area (Å²) in [6.45, 7) is 13.7. The highest BCUT2D eigenvalue weighted by atomic mass is 16.5. The zero-order chi connectivity index (χ0) is 23.2. The van der Waals surface area contributed by atoms with Crippen molar-refractivity contribution in [1.82, 2.24) is 19.4 Å². The molecule has 1 aliphatic heterocycles. The zero-order valence-corrected chi connectivity index (χ0v) is 20.0. The average molecular weight is 450 g/mol. The molecule has 1 saturated heterocycles. The first kappa shape index (κ1) is 23.3. The third kappa shape index (κ3) is 5.92. The third-order valence-corrected chi connectivity index (χ3v) is 6.19. The minimum Gasteiger partial charge on any atom is -0.484 e. The van der Waals surface area contributed by atoms with Gasteiger partial charge >= 0.3 is 0 Å². The zero-order valence-electron chi connectivity index (χ0n) is 20.0. The second-order valence-electron chi connectivity index (χ2n) is 8.75. The Bertz CT molecular complexity index is 1090. The number of carbonyl (C=O) groups excluding carboxylic acids is 1. The number of benzene rings is 2. The van der Waals surface area contributed by atoms with Crippen LogP contribution in [0.25, 0.3) is 11.0 Å². The van der Waals surface area contributed by atoms with Crippen molar-refractivity contribution < 1.29 is 9.53 Å². The maximum Gasteiger partial charge on any atom is 0.262 e. The van der Waals surface area contributed by atoms with Gasteiger partial charge < -0.3 is 19.5 Å². The van der Waals surface area contributed by atoms with Crippen LogP contribution >= 0.6 is 0 Å². The second kappa shape index (κ2) is 10.8. The van der Waals surface area contributed by atoms with E-state index in [2.05, 4.69) is 39.6 Å². The van der Waals surface area contributed by atoms with Crippen LogP contribution in [0.3, 0.4) is 0 Å². The molecule has 0 unspecified atom stereocenters. The number of nitrogens with one attached hydrogen (secondary N) is 1. The Kier molecular flexibility index (Phi) is 7.62. The molecule has 0 aliphatic carbocycles. The van der Waals surface area contributed by atoms with E-state index in [1.165, 1.54) is 0 Å². The lowest BCUT2D eigenvalue weighted by Gasteiger charge is -2.33. The molecule has 1 N–H and O–H groups in total. The number of ether oxygens (including phenoxy) is 1. The number of nitrogens with zero attached hydrogens (tertiary/aromatic N) is 4. The summed E-state index contributed by atoms with van der Waals surface area (Å²) >= 11 is 0. The molecule has 0 radical (unpaired) electrons. The van der Waals surface area contributed by atoms with Crippen LogP contribution in [0.1, 0.15) is 31.7 Å². The highest BCUT2D eigenvalue weighted by molar-refractivity contribution is 5.94. The molecular weight excluding hydrogens is 414 g/mol. The summed E-state index contributed by atoms with van der Waals surface area (Å²) in [7, 11) is 0. The van der Waals surface area contributed by atoms with Crippen molar-refractivity contribution in [2.75, 3.05) is 44.6 Å². The number of rotatable bonds is 9. The molecule has 4 rings (SSSR count). The summed E-state index contributed by atoms with van der Waals surface area (Å²) in [5.41, 5.74) is 3.88. The molecule has 1 aliphatic rings. The number of piperazine rings is 1. The Balaban J connectivity index is 1.43. The van der Waals surface area contributed by atoms with Crippen molar-refractivity contribution in [3.8, 4) is 5.75 Å². The van der Waals surface area contributed by atoms with E-state index in [4.69, 9.17) is 9.72 Å². The summed E-state index contributed by atoms with van der Waals surface area (Å²) in [4.78, 5) is 22.4. The second-order valence-corrected chi connectivity index (χ2v) is 8.75. The van der Waals surface area contributed by atoms with E-state index in [1.54, 1.807) is 0 Å². The molecule has 2 heterocycles. The summed E-state index contributed by atoms with van der Waals surface area (Å²) < 4.78 is 7.95. The van der Waals surface area contributed by atoms with Gasteiger partial charge in [0.15, 0.2) is 6.61 Å². The quantitative estimate of drug-likeness (QED) is 0.537. The van der Waals surface area contributed by atoms with Gasteiger partial charge in [-0.05, 0) is 55.8 Å². The number of hydrogen-bond acceptors (Lipinski definition) is 5. The maximum absolute atomic E-state index is 12.4. The minimum atomic E-state index is -0.183. The van der Waals surface area contributed by atoms with Gasteiger partial charge in [0.05, 0.1) is 17.6 Å². The molecule has 2 aromatic carbocycles. The number of hydrogen-bond donors (Lipinski definition) is 1. The SMILES string of the molecule is CCCn1c(CN2CCN(CC)CC2)nc2cc(NC(=O)COc3cccc(C)c3)ccc21. The van der Waals surface area contributed by atoms with Gasteiger partial charge in [0.2, 0.25) is 0 Å². The molecule has 0 spiro atoms. The molecule has 1 amide bonds. The van der Waals surface area contributed by atoms with E-state index >= 15 is 0 Å². The van der Waals surface area contributed by atoms with Gasteiger partial charge in [-0.3, -0.25) is 9.69 Å². The Hall–Kier alpha value is -2.90. The molecule has 0 bridgehead atoms.